The van der Waals surface area contributed by atoms with Crippen molar-refractivity contribution >= 4 is 23.1 Å². The maximum atomic E-state index is 14.4. The first kappa shape index (κ1) is 21.1. The molecule has 1 aromatic carbocycles. The van der Waals surface area contributed by atoms with Crippen molar-refractivity contribution in [1.29, 1.82) is 0 Å². The molecular weight excluding hydrogens is 483 g/mol. The average molecular weight is 501 g/mol. The minimum Gasteiger partial charge on any atom is -0.384 e. The highest BCUT2D eigenvalue weighted by Crippen LogP contribution is 2.61. The van der Waals surface area contributed by atoms with Gasteiger partial charge in [-0.05, 0) is 70.3 Å². The van der Waals surface area contributed by atoms with E-state index in [4.69, 9.17) is 17.3 Å². The number of nitrogens with two attached hydrogens (primary N) is 1. The summed E-state index contributed by atoms with van der Waals surface area (Å²) in [6.07, 6.45) is 4.73. The van der Waals surface area contributed by atoms with E-state index in [1.807, 2.05) is 16.7 Å². The summed E-state index contributed by atoms with van der Waals surface area (Å²) in [5, 5.41) is 12.0. The summed E-state index contributed by atoms with van der Waals surface area (Å²) in [5.74, 6) is 0.0970. The van der Waals surface area contributed by atoms with E-state index in [-0.39, 0.29) is 23.3 Å². The third-order valence-corrected chi connectivity index (χ3v) is 7.42. The summed E-state index contributed by atoms with van der Waals surface area (Å²) in [7, 11) is 0. The zero-order valence-corrected chi connectivity index (χ0v) is 19.5. The average Bonchev–Trinajstić information content (AvgIpc) is 3.20. The Kier molecular flexibility index (Phi) is 4.50. The number of tetrazole rings is 1. The van der Waals surface area contributed by atoms with Gasteiger partial charge in [0.25, 0.3) is 5.56 Å². The van der Waals surface area contributed by atoms with Gasteiger partial charge in [-0.2, -0.15) is 9.07 Å². The van der Waals surface area contributed by atoms with Gasteiger partial charge in [0.1, 0.15) is 12.1 Å². The molecule has 4 aromatic rings. The van der Waals surface area contributed by atoms with Crippen molar-refractivity contribution in [1.82, 2.24) is 29.8 Å². The Morgan fingerprint density at radius 2 is 2.00 bits per heavy atom. The van der Waals surface area contributed by atoms with Crippen molar-refractivity contribution < 1.29 is 4.39 Å². The topological polar surface area (TPSA) is 117 Å². The quantitative estimate of drug-likeness (QED) is 0.427. The number of halogens is 2. The van der Waals surface area contributed by atoms with Gasteiger partial charge in [-0.1, -0.05) is 11.6 Å². The van der Waals surface area contributed by atoms with E-state index in [9.17, 15) is 9.18 Å². The maximum Gasteiger partial charge on any atom is 0.251 e. The number of anilines is 1. The molecule has 0 spiro atoms. The Morgan fingerprint density at radius 1 is 1.11 bits per heavy atom. The van der Waals surface area contributed by atoms with Crippen LogP contribution >= 0.6 is 11.6 Å². The van der Waals surface area contributed by atoms with E-state index in [0.29, 0.717) is 28.6 Å². The van der Waals surface area contributed by atoms with Gasteiger partial charge in [-0.25, -0.2) is 4.98 Å². The monoisotopic (exact) mass is 500 g/mol. The van der Waals surface area contributed by atoms with Crippen LogP contribution in [-0.4, -0.2) is 35.5 Å². The fourth-order valence-electron chi connectivity index (χ4n) is 5.54. The molecule has 0 bridgehead atoms. The van der Waals surface area contributed by atoms with Crippen molar-refractivity contribution in [3.05, 3.63) is 93.1 Å². The van der Waals surface area contributed by atoms with Gasteiger partial charge in [0.05, 0.1) is 23.0 Å². The first-order chi connectivity index (χ1) is 17.5. The van der Waals surface area contributed by atoms with Gasteiger partial charge in [-0.15, -0.1) is 5.10 Å². The van der Waals surface area contributed by atoms with Gasteiger partial charge in [0, 0.05) is 40.9 Å². The van der Waals surface area contributed by atoms with Gasteiger partial charge >= 0.3 is 0 Å². The number of pyridine rings is 2. The van der Waals surface area contributed by atoms with Crippen molar-refractivity contribution in [3.63, 3.8) is 0 Å². The summed E-state index contributed by atoms with van der Waals surface area (Å²) < 4.78 is 17.8. The zero-order chi connectivity index (χ0) is 24.6. The molecule has 7 rings (SSSR count). The molecule has 0 saturated heterocycles. The number of benzene rings is 1. The highest BCUT2D eigenvalue weighted by atomic mass is 35.5. The minimum atomic E-state index is -0.638. The molecule has 3 atom stereocenters. The second kappa shape index (κ2) is 7.66. The fraction of sp³-hybridized carbons (Fsp3) is 0.200. The summed E-state index contributed by atoms with van der Waals surface area (Å²) in [6, 6.07) is 12.2. The molecule has 2 aliphatic heterocycles. The molecule has 1 saturated carbocycles. The Morgan fingerprint density at radius 3 is 2.81 bits per heavy atom. The van der Waals surface area contributed by atoms with E-state index < -0.39 is 5.95 Å². The van der Waals surface area contributed by atoms with Gasteiger partial charge in [-0.3, -0.25) is 9.79 Å². The highest BCUT2D eigenvalue weighted by Gasteiger charge is 2.54. The molecule has 3 aliphatic rings. The Labute approximate surface area is 208 Å². The predicted molar refractivity (Wildman–Crippen MR) is 132 cm³/mol. The van der Waals surface area contributed by atoms with Crippen LogP contribution < -0.4 is 11.3 Å². The van der Waals surface area contributed by atoms with Crippen molar-refractivity contribution in [2.45, 2.75) is 24.8 Å². The predicted octanol–water partition coefficient (Wildman–Crippen LogP) is 3.70. The van der Waals surface area contributed by atoms with Crippen LogP contribution in [0.3, 0.4) is 0 Å². The molecule has 36 heavy (non-hydrogen) atoms. The Hall–Kier alpha value is -4.18. The summed E-state index contributed by atoms with van der Waals surface area (Å²) in [5.41, 5.74) is 10.7. The van der Waals surface area contributed by atoms with Crippen molar-refractivity contribution in [2.24, 2.45) is 10.9 Å². The lowest BCUT2D eigenvalue weighted by molar-refractivity contribution is 0.524. The Balaban J connectivity index is 1.25. The van der Waals surface area contributed by atoms with Crippen LogP contribution in [0.25, 0.3) is 16.8 Å². The summed E-state index contributed by atoms with van der Waals surface area (Å²) in [6.45, 7) is 0. The first-order valence-corrected chi connectivity index (χ1v) is 11.8. The van der Waals surface area contributed by atoms with Crippen LogP contribution in [0.2, 0.25) is 5.02 Å². The van der Waals surface area contributed by atoms with E-state index in [1.165, 1.54) is 6.33 Å². The summed E-state index contributed by atoms with van der Waals surface area (Å²) in [4.78, 5) is 21.7. The number of allylic oxidation sites excluding steroid dienone is 1. The van der Waals surface area contributed by atoms with Crippen LogP contribution in [0.4, 0.5) is 10.2 Å². The van der Waals surface area contributed by atoms with Gasteiger partial charge in [0.2, 0.25) is 5.95 Å². The smallest absolute Gasteiger partial charge is 0.251 e. The van der Waals surface area contributed by atoms with Crippen LogP contribution in [0.15, 0.2) is 70.4 Å². The number of nitrogen functional groups attached to an aromatic ring is 1. The van der Waals surface area contributed by atoms with Gasteiger partial charge < -0.3 is 10.3 Å². The molecule has 0 radical (unpaired) electrons. The molecule has 3 aromatic heterocycles. The molecule has 11 heteroatoms. The van der Waals surface area contributed by atoms with Crippen LogP contribution in [0, 0.1) is 11.9 Å². The van der Waals surface area contributed by atoms with Crippen LogP contribution in [0.5, 0.6) is 0 Å². The largest absolute Gasteiger partial charge is 0.384 e. The van der Waals surface area contributed by atoms with Crippen molar-refractivity contribution in [3.8, 4) is 16.8 Å². The number of hydrogen-bond donors (Lipinski definition) is 1. The molecule has 0 amide bonds. The molecule has 1 aliphatic carbocycles. The maximum absolute atomic E-state index is 14.4. The lowest BCUT2D eigenvalue weighted by atomic mass is 9.97. The molecule has 178 valence electrons. The van der Waals surface area contributed by atoms with Gasteiger partial charge in [0.15, 0.2) is 0 Å². The second-order valence-corrected chi connectivity index (χ2v) is 9.71. The van der Waals surface area contributed by atoms with E-state index >= 15 is 0 Å². The van der Waals surface area contributed by atoms with E-state index in [0.717, 1.165) is 34.5 Å². The van der Waals surface area contributed by atoms with E-state index in [2.05, 4.69) is 31.6 Å². The minimum absolute atomic E-state index is 0.1000. The number of fused-ring (bicyclic) bond motifs is 3. The third kappa shape index (κ3) is 3.21. The number of nitrogens with zero attached hydrogens (tertiary/aromatic N) is 7. The highest BCUT2D eigenvalue weighted by molar-refractivity contribution is 6.31. The fourth-order valence-corrected chi connectivity index (χ4v) is 5.71. The molecule has 2 N–H and O–H groups in total. The zero-order valence-electron chi connectivity index (χ0n) is 18.7. The number of rotatable bonds is 4. The lowest BCUT2D eigenvalue weighted by Crippen LogP contribution is -2.26. The van der Waals surface area contributed by atoms with Crippen LogP contribution in [0.1, 0.15) is 36.1 Å². The molecule has 9 nitrogen and oxygen atoms in total. The van der Waals surface area contributed by atoms with E-state index in [1.54, 1.807) is 35.1 Å². The lowest BCUT2D eigenvalue weighted by Gasteiger charge is -2.20. The number of hydrogen-bond acceptors (Lipinski definition) is 7. The summed E-state index contributed by atoms with van der Waals surface area (Å²) >= 11 is 6.31. The second-order valence-electron chi connectivity index (χ2n) is 9.27. The van der Waals surface area contributed by atoms with Crippen molar-refractivity contribution in [2.75, 3.05) is 5.73 Å². The third-order valence-electron chi connectivity index (χ3n) is 7.19. The molecule has 5 heterocycles. The number of aromatic nitrogens is 6. The molecular formula is C25H18ClFN8O. The van der Waals surface area contributed by atoms with Crippen LogP contribution in [-0.2, 0) is 0 Å². The SMILES string of the molecule is Nc1ccc(C2=NC=C([C@@H]3[C@H]4C[C@H]4c4cc(-c5cc(Cl)ccc5-n5cnnn5)cc(=O)n43)C2)c(F)n1. The number of aliphatic imine (C=N–C) groups is 1. The molecule has 1 fully saturated rings. The Bertz CT molecular complexity index is 1680. The first-order valence-electron chi connectivity index (χ1n) is 11.5. The molecule has 0 unspecified atom stereocenters. The standard InChI is InChI=1S/C25H18ClFN8O/c26-14-1-3-20(34-11-30-32-33-34)16(8-14)12-6-21-17-9-18(17)24(35(21)23(36)7-12)13-5-19(29-10-13)15-2-4-22(28)31-25(15)27/h1-4,6-8,10-11,17-18,24H,5,9H2,(H2,28,31)/t17-,18+,24-/m1/s1. The normalized spacial score (nSPS) is 21.7.